The predicted octanol–water partition coefficient (Wildman–Crippen LogP) is 3.29. The summed E-state index contributed by atoms with van der Waals surface area (Å²) in [6, 6.07) is 7.29. The second kappa shape index (κ2) is 6.36. The van der Waals surface area contributed by atoms with Crippen LogP contribution in [0, 0.1) is 11.3 Å². The summed E-state index contributed by atoms with van der Waals surface area (Å²) in [5.41, 5.74) is 9.48. The molecule has 2 atom stereocenters. The lowest BCUT2D eigenvalue weighted by molar-refractivity contribution is 0.116. The number of rotatable bonds is 3. The van der Waals surface area contributed by atoms with Gasteiger partial charge in [0.15, 0.2) is 0 Å². The summed E-state index contributed by atoms with van der Waals surface area (Å²) in [5.74, 6) is 1.38. The van der Waals surface area contributed by atoms with Crippen LogP contribution in [0.2, 0.25) is 0 Å². The molecule has 0 unspecified atom stereocenters. The Balaban J connectivity index is 1.70. The van der Waals surface area contributed by atoms with Crippen molar-refractivity contribution in [1.82, 2.24) is 9.88 Å². The number of nitrogen functional groups attached to an aromatic ring is 1. The molecule has 1 saturated heterocycles. The largest absolute Gasteiger partial charge is 0.459 e. The molecule has 27 heavy (non-hydrogen) atoms. The van der Waals surface area contributed by atoms with Crippen LogP contribution in [0.25, 0.3) is 11.3 Å². The third-order valence-electron chi connectivity index (χ3n) is 6.58. The van der Waals surface area contributed by atoms with E-state index in [9.17, 15) is 10.4 Å². The lowest BCUT2D eigenvalue weighted by Crippen LogP contribution is -2.44. The quantitative estimate of drug-likeness (QED) is 0.867. The van der Waals surface area contributed by atoms with Gasteiger partial charge in [-0.05, 0) is 37.8 Å². The fourth-order valence-corrected chi connectivity index (χ4v) is 5.53. The Kier molecular flexibility index (Phi) is 3.96. The molecule has 2 aromatic rings. The van der Waals surface area contributed by atoms with E-state index in [1.54, 1.807) is 6.07 Å². The van der Waals surface area contributed by atoms with Crippen molar-refractivity contribution in [2.24, 2.45) is 0 Å². The number of nitrogens with two attached hydrogens (primary N) is 1. The standard InChI is InChI=1S/C21H24N4O2/c22-10-15-19(18-8-6-14(11-26)27-18)20-16(24-21(15)23)9-13-5-7-17(20)25(13)12-3-1-2-4-12/h6,8,12-13,17,26H,1-5,7,9,11H2,(H2,23,24)/t13-,17+/m0/s1. The van der Waals surface area contributed by atoms with Crippen LogP contribution in [0.5, 0.6) is 0 Å². The first-order chi connectivity index (χ1) is 13.2. The van der Waals surface area contributed by atoms with Gasteiger partial charge in [0, 0.05) is 41.4 Å². The van der Waals surface area contributed by atoms with Crippen molar-refractivity contribution >= 4 is 5.82 Å². The van der Waals surface area contributed by atoms with Crippen LogP contribution in [-0.4, -0.2) is 27.1 Å². The topological polar surface area (TPSA) is 99.3 Å². The average molecular weight is 364 g/mol. The zero-order chi connectivity index (χ0) is 18.5. The van der Waals surface area contributed by atoms with E-state index in [4.69, 9.17) is 10.2 Å². The fourth-order valence-electron chi connectivity index (χ4n) is 5.53. The van der Waals surface area contributed by atoms with Gasteiger partial charge in [-0.15, -0.1) is 0 Å². The molecule has 140 valence electrons. The molecule has 0 aromatic carbocycles. The maximum absolute atomic E-state index is 9.80. The van der Waals surface area contributed by atoms with Gasteiger partial charge in [0.05, 0.1) is 0 Å². The van der Waals surface area contributed by atoms with Gasteiger partial charge in [0.2, 0.25) is 0 Å². The number of nitriles is 1. The molecule has 3 aliphatic rings. The number of pyridine rings is 1. The summed E-state index contributed by atoms with van der Waals surface area (Å²) in [6.07, 6.45) is 8.29. The summed E-state index contributed by atoms with van der Waals surface area (Å²) in [6.45, 7) is -0.162. The van der Waals surface area contributed by atoms with E-state index >= 15 is 0 Å². The SMILES string of the molecule is N#Cc1c(N)nc2c(c1-c1ccc(CO)o1)[C@H]1CC[C@@H](C2)N1C1CCCC1. The van der Waals surface area contributed by atoms with Gasteiger partial charge in [-0.1, -0.05) is 12.8 Å². The van der Waals surface area contributed by atoms with Crippen molar-refractivity contribution < 1.29 is 9.52 Å². The molecule has 0 amide bonds. The average Bonchev–Trinajstić information content (AvgIpc) is 3.40. The number of aliphatic hydroxyl groups excluding tert-OH is 1. The van der Waals surface area contributed by atoms with Crippen LogP contribution >= 0.6 is 0 Å². The maximum atomic E-state index is 9.80. The third kappa shape index (κ3) is 2.49. The molecular weight excluding hydrogens is 340 g/mol. The van der Waals surface area contributed by atoms with Gasteiger partial charge in [-0.3, -0.25) is 4.90 Å². The minimum Gasteiger partial charge on any atom is -0.459 e. The van der Waals surface area contributed by atoms with Gasteiger partial charge in [-0.2, -0.15) is 5.26 Å². The van der Waals surface area contributed by atoms with Crippen molar-refractivity contribution in [2.75, 3.05) is 5.73 Å². The number of aromatic nitrogens is 1. The summed E-state index contributed by atoms with van der Waals surface area (Å²) in [7, 11) is 0. The number of anilines is 1. The van der Waals surface area contributed by atoms with Crippen LogP contribution in [-0.2, 0) is 13.0 Å². The van der Waals surface area contributed by atoms with Crippen molar-refractivity contribution in [1.29, 1.82) is 5.26 Å². The van der Waals surface area contributed by atoms with Crippen molar-refractivity contribution in [2.45, 2.75) is 69.7 Å². The lowest BCUT2D eigenvalue weighted by Gasteiger charge is -2.41. The highest BCUT2D eigenvalue weighted by Crippen LogP contribution is 2.51. The Morgan fingerprint density at radius 2 is 2.04 bits per heavy atom. The third-order valence-corrected chi connectivity index (χ3v) is 6.58. The highest BCUT2D eigenvalue weighted by molar-refractivity contribution is 5.77. The molecule has 2 aliphatic heterocycles. The number of hydrogen-bond acceptors (Lipinski definition) is 6. The maximum Gasteiger partial charge on any atom is 0.142 e. The smallest absolute Gasteiger partial charge is 0.142 e. The second-order valence-corrected chi connectivity index (χ2v) is 7.98. The van der Waals surface area contributed by atoms with E-state index in [2.05, 4.69) is 16.0 Å². The van der Waals surface area contributed by atoms with E-state index in [0.717, 1.165) is 29.7 Å². The van der Waals surface area contributed by atoms with Gasteiger partial charge in [-0.25, -0.2) is 4.98 Å². The first-order valence-electron chi connectivity index (χ1n) is 9.91. The normalized spacial score (nSPS) is 24.9. The van der Waals surface area contributed by atoms with Crippen LogP contribution in [0.1, 0.15) is 67.1 Å². The molecular formula is C21H24N4O2. The van der Waals surface area contributed by atoms with Crippen LogP contribution in [0.15, 0.2) is 16.5 Å². The van der Waals surface area contributed by atoms with Crippen LogP contribution < -0.4 is 5.73 Å². The van der Waals surface area contributed by atoms with E-state index in [1.165, 1.54) is 32.1 Å². The molecule has 0 spiro atoms. The molecule has 1 aliphatic carbocycles. The minimum atomic E-state index is -0.162. The Morgan fingerprint density at radius 1 is 1.22 bits per heavy atom. The summed E-state index contributed by atoms with van der Waals surface area (Å²) < 4.78 is 5.85. The Hall–Kier alpha value is -2.36. The molecule has 0 radical (unpaired) electrons. The van der Waals surface area contributed by atoms with Crippen molar-refractivity contribution in [3.05, 3.63) is 34.7 Å². The number of nitrogens with zero attached hydrogens (tertiary/aromatic N) is 3. The number of furan rings is 1. The summed E-state index contributed by atoms with van der Waals surface area (Å²) in [5, 5.41) is 19.2. The zero-order valence-electron chi connectivity index (χ0n) is 15.3. The van der Waals surface area contributed by atoms with Gasteiger partial charge >= 0.3 is 0 Å². The number of aliphatic hydroxyl groups is 1. The second-order valence-electron chi connectivity index (χ2n) is 7.98. The monoisotopic (exact) mass is 364 g/mol. The van der Waals surface area contributed by atoms with Crippen molar-refractivity contribution in [3.8, 4) is 17.4 Å². The molecule has 3 N–H and O–H groups in total. The van der Waals surface area contributed by atoms with Crippen LogP contribution in [0.4, 0.5) is 5.82 Å². The molecule has 6 heteroatoms. The number of fused-ring (bicyclic) bond motifs is 4. The molecule has 2 aromatic heterocycles. The molecule has 1 saturated carbocycles. The van der Waals surface area contributed by atoms with Gasteiger partial charge < -0.3 is 15.3 Å². The van der Waals surface area contributed by atoms with E-state index in [-0.39, 0.29) is 18.5 Å². The highest BCUT2D eigenvalue weighted by Gasteiger charge is 2.46. The minimum absolute atomic E-state index is 0.162. The van der Waals surface area contributed by atoms with E-state index in [1.807, 2.05) is 6.07 Å². The van der Waals surface area contributed by atoms with E-state index < -0.39 is 0 Å². The molecule has 6 nitrogen and oxygen atoms in total. The van der Waals surface area contributed by atoms with Crippen LogP contribution in [0.3, 0.4) is 0 Å². The van der Waals surface area contributed by atoms with Crippen molar-refractivity contribution in [3.63, 3.8) is 0 Å². The molecule has 4 heterocycles. The first kappa shape index (κ1) is 16.8. The van der Waals surface area contributed by atoms with Gasteiger partial charge in [0.25, 0.3) is 0 Å². The Bertz CT molecular complexity index is 923. The highest BCUT2D eigenvalue weighted by atomic mass is 16.4. The molecule has 5 rings (SSSR count). The fraction of sp³-hybridized carbons (Fsp3) is 0.524. The predicted molar refractivity (Wildman–Crippen MR) is 101 cm³/mol. The number of hydrogen-bond donors (Lipinski definition) is 2. The first-order valence-corrected chi connectivity index (χ1v) is 9.91. The summed E-state index contributed by atoms with van der Waals surface area (Å²) >= 11 is 0. The lowest BCUT2D eigenvalue weighted by atomic mass is 9.88. The van der Waals surface area contributed by atoms with E-state index in [0.29, 0.717) is 29.2 Å². The Morgan fingerprint density at radius 3 is 2.74 bits per heavy atom. The molecule has 2 fully saturated rings. The molecule has 2 bridgehead atoms. The summed E-state index contributed by atoms with van der Waals surface area (Å²) in [4.78, 5) is 7.34. The van der Waals surface area contributed by atoms with Gasteiger partial charge in [0.1, 0.15) is 35.6 Å². The Labute approximate surface area is 158 Å². The zero-order valence-corrected chi connectivity index (χ0v) is 15.3.